The van der Waals surface area contributed by atoms with Gasteiger partial charge in [0.2, 0.25) is 11.9 Å². The summed E-state index contributed by atoms with van der Waals surface area (Å²) in [5, 5.41) is 0. The molecule has 0 radical (unpaired) electrons. The largest absolute Gasteiger partial charge is 0.467 e. The van der Waals surface area contributed by atoms with Crippen molar-refractivity contribution < 1.29 is 4.74 Å². The number of hydrogen-bond acceptors (Lipinski definition) is 7. The second-order valence-electron chi connectivity index (χ2n) is 3.43. The fourth-order valence-electron chi connectivity index (χ4n) is 1.54. The lowest BCUT2D eigenvalue weighted by Crippen LogP contribution is -2.28. The second kappa shape index (κ2) is 5.20. The van der Waals surface area contributed by atoms with E-state index in [0.717, 1.165) is 25.3 Å². The normalized spacial score (nSPS) is 16.9. The molecule has 2 rings (SSSR count). The van der Waals surface area contributed by atoms with E-state index in [0.29, 0.717) is 5.95 Å². The molecule has 0 amide bonds. The third-order valence-corrected chi connectivity index (χ3v) is 3.36. The Hall–Kier alpha value is -1.24. The zero-order valence-electron chi connectivity index (χ0n) is 9.22. The van der Waals surface area contributed by atoms with Crippen LogP contribution in [0.5, 0.6) is 6.01 Å². The van der Waals surface area contributed by atoms with E-state index in [-0.39, 0.29) is 12.0 Å². The Bertz CT molecular complexity index is 354. The maximum Gasteiger partial charge on any atom is 0.322 e. The van der Waals surface area contributed by atoms with Crippen molar-refractivity contribution in [1.29, 1.82) is 0 Å². The van der Waals surface area contributed by atoms with Crippen LogP contribution in [0.1, 0.15) is 6.42 Å². The molecule has 0 aliphatic carbocycles. The lowest BCUT2D eigenvalue weighted by atomic mass is 10.4. The number of methoxy groups -OCH3 is 1. The SMILES string of the molecule is COc1nc(N)nc(N2CCCSCC2)n1. The summed E-state index contributed by atoms with van der Waals surface area (Å²) >= 11 is 1.95. The maximum absolute atomic E-state index is 5.61. The van der Waals surface area contributed by atoms with Crippen molar-refractivity contribution in [3.63, 3.8) is 0 Å². The molecule has 0 saturated carbocycles. The molecule has 0 atom stereocenters. The average Bonchev–Trinajstić information content (AvgIpc) is 2.56. The van der Waals surface area contributed by atoms with Crippen LogP contribution in [0.25, 0.3) is 0 Å². The summed E-state index contributed by atoms with van der Waals surface area (Å²) in [6.07, 6.45) is 1.14. The number of nitrogens with zero attached hydrogens (tertiary/aromatic N) is 4. The van der Waals surface area contributed by atoms with Crippen molar-refractivity contribution in [2.24, 2.45) is 0 Å². The number of nitrogens with two attached hydrogens (primary N) is 1. The van der Waals surface area contributed by atoms with Crippen LogP contribution in [-0.2, 0) is 0 Å². The number of anilines is 2. The fourth-order valence-corrected chi connectivity index (χ4v) is 2.43. The van der Waals surface area contributed by atoms with Gasteiger partial charge in [0.15, 0.2) is 0 Å². The maximum atomic E-state index is 5.61. The Kier molecular flexibility index (Phi) is 3.66. The highest BCUT2D eigenvalue weighted by Gasteiger charge is 2.14. The van der Waals surface area contributed by atoms with Gasteiger partial charge in [-0.3, -0.25) is 0 Å². The molecule has 0 aromatic carbocycles. The highest BCUT2D eigenvalue weighted by molar-refractivity contribution is 7.99. The molecule has 1 aromatic heterocycles. The van der Waals surface area contributed by atoms with Gasteiger partial charge in [-0.05, 0) is 12.2 Å². The predicted octanol–water partition coefficient (Wildman–Crippen LogP) is 0.406. The summed E-state index contributed by atoms with van der Waals surface area (Å²) in [6, 6.07) is 0.277. The Morgan fingerprint density at radius 2 is 2.12 bits per heavy atom. The van der Waals surface area contributed by atoms with E-state index in [1.54, 1.807) is 0 Å². The molecule has 7 heteroatoms. The van der Waals surface area contributed by atoms with E-state index in [1.165, 1.54) is 12.9 Å². The van der Waals surface area contributed by atoms with Crippen molar-refractivity contribution in [3.8, 4) is 6.01 Å². The van der Waals surface area contributed by atoms with Crippen LogP contribution in [0, 0.1) is 0 Å². The van der Waals surface area contributed by atoms with Gasteiger partial charge in [0, 0.05) is 18.8 Å². The number of aromatic nitrogens is 3. The minimum Gasteiger partial charge on any atom is -0.467 e. The summed E-state index contributed by atoms with van der Waals surface area (Å²) < 4.78 is 4.98. The molecular weight excluding hydrogens is 226 g/mol. The van der Waals surface area contributed by atoms with E-state index in [1.807, 2.05) is 11.8 Å². The summed E-state index contributed by atoms with van der Waals surface area (Å²) in [4.78, 5) is 14.3. The molecule has 0 spiro atoms. The van der Waals surface area contributed by atoms with Crippen molar-refractivity contribution in [3.05, 3.63) is 0 Å². The molecule has 1 saturated heterocycles. The van der Waals surface area contributed by atoms with Crippen molar-refractivity contribution in [2.75, 3.05) is 42.3 Å². The Morgan fingerprint density at radius 1 is 1.25 bits per heavy atom. The van der Waals surface area contributed by atoms with Gasteiger partial charge in [-0.15, -0.1) is 0 Å². The molecule has 88 valence electrons. The molecule has 1 aliphatic heterocycles. The van der Waals surface area contributed by atoms with Gasteiger partial charge in [0.1, 0.15) is 0 Å². The third-order valence-electron chi connectivity index (χ3n) is 2.31. The topological polar surface area (TPSA) is 77.2 Å². The predicted molar refractivity (Wildman–Crippen MR) is 64.9 cm³/mol. The van der Waals surface area contributed by atoms with Gasteiger partial charge in [-0.2, -0.15) is 26.7 Å². The summed E-state index contributed by atoms with van der Waals surface area (Å²) in [7, 11) is 1.52. The van der Waals surface area contributed by atoms with Gasteiger partial charge in [0.05, 0.1) is 7.11 Å². The van der Waals surface area contributed by atoms with Crippen molar-refractivity contribution >= 4 is 23.7 Å². The van der Waals surface area contributed by atoms with Crippen LogP contribution in [0.3, 0.4) is 0 Å². The molecule has 0 bridgehead atoms. The van der Waals surface area contributed by atoms with Crippen LogP contribution in [-0.4, -0.2) is 46.7 Å². The molecule has 2 heterocycles. The summed E-state index contributed by atoms with van der Waals surface area (Å²) in [5.74, 6) is 3.10. The zero-order chi connectivity index (χ0) is 11.4. The first kappa shape index (κ1) is 11.3. The molecule has 6 nitrogen and oxygen atoms in total. The standard InChI is InChI=1S/C9H15N5OS/c1-15-9-12-7(10)11-8(13-9)14-3-2-5-16-6-4-14/h2-6H2,1H3,(H2,10,11,12,13). The van der Waals surface area contributed by atoms with Gasteiger partial charge in [-0.25, -0.2) is 0 Å². The van der Waals surface area contributed by atoms with Crippen LogP contribution >= 0.6 is 11.8 Å². The molecule has 1 aliphatic rings. The van der Waals surface area contributed by atoms with Crippen LogP contribution < -0.4 is 15.4 Å². The van der Waals surface area contributed by atoms with E-state index < -0.39 is 0 Å². The molecule has 16 heavy (non-hydrogen) atoms. The van der Waals surface area contributed by atoms with Crippen molar-refractivity contribution in [1.82, 2.24) is 15.0 Å². The molecule has 1 aromatic rings. The van der Waals surface area contributed by atoms with Gasteiger partial charge < -0.3 is 15.4 Å². The number of thioether (sulfide) groups is 1. The lowest BCUT2D eigenvalue weighted by molar-refractivity contribution is 0.379. The number of nitrogen functional groups attached to an aromatic ring is 1. The highest BCUT2D eigenvalue weighted by Crippen LogP contribution is 2.17. The van der Waals surface area contributed by atoms with Gasteiger partial charge >= 0.3 is 6.01 Å². The first-order valence-electron chi connectivity index (χ1n) is 5.18. The van der Waals surface area contributed by atoms with Crippen LogP contribution in [0.2, 0.25) is 0 Å². The van der Waals surface area contributed by atoms with Crippen LogP contribution in [0.15, 0.2) is 0 Å². The summed E-state index contributed by atoms with van der Waals surface area (Å²) in [6.45, 7) is 1.90. The minimum absolute atomic E-state index is 0.207. The number of hydrogen-bond donors (Lipinski definition) is 1. The molecular formula is C9H15N5OS. The molecule has 0 unspecified atom stereocenters. The molecule has 2 N–H and O–H groups in total. The van der Waals surface area contributed by atoms with E-state index >= 15 is 0 Å². The Balaban J connectivity index is 2.20. The first-order chi connectivity index (χ1) is 7.79. The average molecular weight is 241 g/mol. The zero-order valence-corrected chi connectivity index (χ0v) is 10.0. The number of rotatable bonds is 2. The third kappa shape index (κ3) is 2.66. The second-order valence-corrected chi connectivity index (χ2v) is 4.66. The van der Waals surface area contributed by atoms with E-state index in [4.69, 9.17) is 10.5 Å². The number of ether oxygens (including phenoxy) is 1. The van der Waals surface area contributed by atoms with Gasteiger partial charge in [0.25, 0.3) is 0 Å². The van der Waals surface area contributed by atoms with Crippen LogP contribution in [0.4, 0.5) is 11.9 Å². The smallest absolute Gasteiger partial charge is 0.322 e. The lowest BCUT2D eigenvalue weighted by Gasteiger charge is -2.19. The van der Waals surface area contributed by atoms with E-state index in [9.17, 15) is 0 Å². The monoisotopic (exact) mass is 241 g/mol. The first-order valence-corrected chi connectivity index (χ1v) is 6.33. The minimum atomic E-state index is 0.207. The highest BCUT2D eigenvalue weighted by atomic mass is 32.2. The Morgan fingerprint density at radius 3 is 2.94 bits per heavy atom. The fraction of sp³-hybridized carbons (Fsp3) is 0.667. The quantitative estimate of drug-likeness (QED) is 0.803. The Labute approximate surface area is 98.6 Å². The summed E-state index contributed by atoms with van der Waals surface area (Å²) in [5.41, 5.74) is 5.61. The van der Waals surface area contributed by atoms with Gasteiger partial charge in [-0.1, -0.05) is 0 Å². The van der Waals surface area contributed by atoms with Crippen molar-refractivity contribution in [2.45, 2.75) is 6.42 Å². The molecule has 1 fully saturated rings. The van der Waals surface area contributed by atoms with E-state index in [2.05, 4.69) is 19.9 Å².